The molecule has 1 aromatic carbocycles. The Morgan fingerprint density at radius 2 is 2.28 bits per heavy atom. The summed E-state index contributed by atoms with van der Waals surface area (Å²) in [5.41, 5.74) is 6.87. The zero-order valence-electron chi connectivity index (χ0n) is 11.1. The molecule has 1 saturated heterocycles. The zero-order valence-corrected chi connectivity index (χ0v) is 11.1. The Labute approximate surface area is 108 Å². The molecule has 0 bridgehead atoms. The predicted molar refractivity (Wildman–Crippen MR) is 71.7 cm³/mol. The van der Waals surface area contributed by atoms with Gasteiger partial charge < -0.3 is 15.6 Å². The maximum atomic E-state index is 9.89. The molecule has 2 unspecified atom stereocenters. The van der Waals surface area contributed by atoms with Crippen molar-refractivity contribution in [3.8, 4) is 11.5 Å². The van der Waals surface area contributed by atoms with Gasteiger partial charge in [0.25, 0.3) is 0 Å². The molecule has 0 saturated carbocycles. The molecule has 1 aliphatic heterocycles. The molecule has 100 valence electrons. The topological polar surface area (TPSA) is 58.7 Å². The monoisotopic (exact) mass is 250 g/mol. The van der Waals surface area contributed by atoms with E-state index in [1.165, 1.54) is 0 Å². The number of ether oxygens (including phenoxy) is 1. The van der Waals surface area contributed by atoms with Gasteiger partial charge in [0.1, 0.15) is 11.5 Å². The number of likely N-dealkylation sites (tertiary alicyclic amines) is 1. The molecule has 4 nitrogen and oxygen atoms in total. The quantitative estimate of drug-likeness (QED) is 0.857. The second-order valence-corrected chi connectivity index (χ2v) is 5.10. The highest BCUT2D eigenvalue weighted by molar-refractivity contribution is 5.39. The Balaban J connectivity index is 2.08. The summed E-state index contributed by atoms with van der Waals surface area (Å²) < 4.78 is 5.19. The molecule has 4 heteroatoms. The summed E-state index contributed by atoms with van der Waals surface area (Å²) in [4.78, 5) is 2.36. The maximum Gasteiger partial charge on any atom is 0.120 e. The van der Waals surface area contributed by atoms with Crippen LogP contribution >= 0.6 is 0 Å². The van der Waals surface area contributed by atoms with E-state index in [9.17, 15) is 5.11 Å². The van der Waals surface area contributed by atoms with Crippen molar-refractivity contribution >= 4 is 0 Å². The third-order valence-electron chi connectivity index (χ3n) is 3.71. The number of nitrogens with two attached hydrogens (primary N) is 1. The van der Waals surface area contributed by atoms with Crippen LogP contribution in [0, 0.1) is 0 Å². The molecule has 0 radical (unpaired) electrons. The molecule has 2 rings (SSSR count). The Bertz CT molecular complexity index is 409. The lowest BCUT2D eigenvalue weighted by atomic mass is 9.98. The first-order valence-corrected chi connectivity index (χ1v) is 6.45. The lowest BCUT2D eigenvalue weighted by molar-refractivity contribution is 0.138. The minimum atomic E-state index is 0.315. The minimum Gasteiger partial charge on any atom is -0.508 e. The SMILES string of the molecule is COc1ccc(O)c(CN2CCC(N)CC2C)c1. The predicted octanol–water partition coefficient (Wildman–Crippen LogP) is 1.71. The third kappa shape index (κ3) is 2.94. The Morgan fingerprint density at radius 1 is 1.50 bits per heavy atom. The van der Waals surface area contributed by atoms with Gasteiger partial charge >= 0.3 is 0 Å². The van der Waals surface area contributed by atoms with Crippen LogP contribution < -0.4 is 10.5 Å². The molecule has 1 heterocycles. The first-order chi connectivity index (χ1) is 8.60. The van der Waals surface area contributed by atoms with Crippen LogP contribution in [0.15, 0.2) is 18.2 Å². The summed E-state index contributed by atoms with van der Waals surface area (Å²) in [7, 11) is 1.64. The average Bonchev–Trinajstić information content (AvgIpc) is 2.35. The summed E-state index contributed by atoms with van der Waals surface area (Å²) in [6, 6.07) is 6.13. The van der Waals surface area contributed by atoms with Crippen molar-refractivity contribution in [3.05, 3.63) is 23.8 Å². The molecule has 0 amide bonds. The fraction of sp³-hybridized carbons (Fsp3) is 0.571. The molecular formula is C14H22N2O2. The Morgan fingerprint density at radius 3 is 2.94 bits per heavy atom. The van der Waals surface area contributed by atoms with Crippen LogP contribution in [0.5, 0.6) is 11.5 Å². The number of phenols is 1. The molecule has 0 spiro atoms. The van der Waals surface area contributed by atoms with Gasteiger partial charge in [-0.05, 0) is 38.0 Å². The van der Waals surface area contributed by atoms with E-state index in [-0.39, 0.29) is 0 Å². The highest BCUT2D eigenvalue weighted by Crippen LogP contribution is 2.26. The van der Waals surface area contributed by atoms with E-state index < -0.39 is 0 Å². The molecule has 0 aromatic heterocycles. The number of methoxy groups -OCH3 is 1. The molecule has 1 fully saturated rings. The van der Waals surface area contributed by atoms with Crippen LogP contribution in [0.2, 0.25) is 0 Å². The van der Waals surface area contributed by atoms with Crippen LogP contribution in [-0.2, 0) is 6.54 Å². The molecule has 0 aliphatic carbocycles. The maximum absolute atomic E-state index is 9.89. The molecule has 1 aromatic rings. The van der Waals surface area contributed by atoms with E-state index in [1.807, 2.05) is 6.07 Å². The normalized spacial score (nSPS) is 25.1. The molecule has 3 N–H and O–H groups in total. The summed E-state index contributed by atoms with van der Waals surface area (Å²) in [5, 5.41) is 9.89. The van der Waals surface area contributed by atoms with E-state index >= 15 is 0 Å². The summed E-state index contributed by atoms with van der Waals surface area (Å²) in [6.45, 7) is 3.92. The van der Waals surface area contributed by atoms with Gasteiger partial charge in [0.2, 0.25) is 0 Å². The Kier molecular flexibility index (Phi) is 4.09. The standard InChI is InChI=1S/C14H22N2O2/c1-10-7-12(15)5-6-16(10)9-11-8-13(18-2)3-4-14(11)17/h3-4,8,10,12,17H,5-7,9,15H2,1-2H3. The van der Waals surface area contributed by atoms with Crippen LogP contribution in [0.4, 0.5) is 0 Å². The Hall–Kier alpha value is -1.26. The smallest absolute Gasteiger partial charge is 0.120 e. The fourth-order valence-corrected chi connectivity index (χ4v) is 2.53. The zero-order chi connectivity index (χ0) is 13.1. The van der Waals surface area contributed by atoms with Crippen molar-refractivity contribution in [3.63, 3.8) is 0 Å². The van der Waals surface area contributed by atoms with Crippen LogP contribution in [-0.4, -0.2) is 35.7 Å². The van der Waals surface area contributed by atoms with Crippen molar-refractivity contribution in [1.29, 1.82) is 0 Å². The van der Waals surface area contributed by atoms with Crippen molar-refractivity contribution < 1.29 is 9.84 Å². The molecule has 2 atom stereocenters. The number of phenolic OH excluding ortho intramolecular Hbond substituents is 1. The second-order valence-electron chi connectivity index (χ2n) is 5.10. The van der Waals surface area contributed by atoms with E-state index in [1.54, 1.807) is 19.2 Å². The summed E-state index contributed by atoms with van der Waals surface area (Å²) in [6.07, 6.45) is 2.04. The van der Waals surface area contributed by atoms with E-state index in [4.69, 9.17) is 10.5 Å². The van der Waals surface area contributed by atoms with Gasteiger partial charge in [0, 0.05) is 30.7 Å². The lowest BCUT2D eigenvalue weighted by Crippen LogP contribution is -2.44. The lowest BCUT2D eigenvalue weighted by Gasteiger charge is -2.36. The van der Waals surface area contributed by atoms with Crippen molar-refractivity contribution in [2.24, 2.45) is 5.73 Å². The van der Waals surface area contributed by atoms with Crippen LogP contribution in [0.3, 0.4) is 0 Å². The average molecular weight is 250 g/mol. The third-order valence-corrected chi connectivity index (χ3v) is 3.71. The summed E-state index contributed by atoms with van der Waals surface area (Å²) >= 11 is 0. The van der Waals surface area contributed by atoms with Gasteiger partial charge in [-0.1, -0.05) is 0 Å². The number of rotatable bonds is 3. The van der Waals surface area contributed by atoms with Gasteiger partial charge in [-0.25, -0.2) is 0 Å². The van der Waals surface area contributed by atoms with E-state index in [2.05, 4.69) is 11.8 Å². The first-order valence-electron chi connectivity index (χ1n) is 6.45. The molecular weight excluding hydrogens is 228 g/mol. The van der Waals surface area contributed by atoms with Crippen LogP contribution in [0.1, 0.15) is 25.3 Å². The summed E-state index contributed by atoms with van der Waals surface area (Å²) in [5.74, 6) is 1.11. The van der Waals surface area contributed by atoms with Gasteiger partial charge in [-0.15, -0.1) is 0 Å². The number of piperidine rings is 1. The van der Waals surface area contributed by atoms with Gasteiger partial charge in [-0.3, -0.25) is 4.90 Å². The van der Waals surface area contributed by atoms with Gasteiger partial charge in [0.15, 0.2) is 0 Å². The van der Waals surface area contributed by atoms with Crippen molar-refractivity contribution in [2.75, 3.05) is 13.7 Å². The van der Waals surface area contributed by atoms with E-state index in [0.717, 1.165) is 37.2 Å². The van der Waals surface area contributed by atoms with Crippen molar-refractivity contribution in [2.45, 2.75) is 38.4 Å². The first kappa shape index (κ1) is 13.2. The van der Waals surface area contributed by atoms with Crippen LogP contribution in [0.25, 0.3) is 0 Å². The molecule has 18 heavy (non-hydrogen) atoms. The van der Waals surface area contributed by atoms with Crippen molar-refractivity contribution in [1.82, 2.24) is 4.90 Å². The highest BCUT2D eigenvalue weighted by Gasteiger charge is 2.23. The highest BCUT2D eigenvalue weighted by atomic mass is 16.5. The number of aromatic hydroxyl groups is 1. The minimum absolute atomic E-state index is 0.315. The van der Waals surface area contributed by atoms with Gasteiger partial charge in [0.05, 0.1) is 7.11 Å². The van der Waals surface area contributed by atoms with E-state index in [0.29, 0.717) is 17.8 Å². The number of hydrogen-bond donors (Lipinski definition) is 2. The number of hydrogen-bond acceptors (Lipinski definition) is 4. The number of benzene rings is 1. The fourth-order valence-electron chi connectivity index (χ4n) is 2.53. The largest absolute Gasteiger partial charge is 0.508 e. The molecule has 1 aliphatic rings. The number of nitrogens with zero attached hydrogens (tertiary/aromatic N) is 1. The van der Waals surface area contributed by atoms with Gasteiger partial charge in [-0.2, -0.15) is 0 Å². The second kappa shape index (κ2) is 5.59.